The molecule has 1 fully saturated rings. The third-order valence-corrected chi connectivity index (χ3v) is 8.51. The molecule has 13 heteroatoms. The number of rotatable bonds is 8. The highest BCUT2D eigenvalue weighted by Crippen LogP contribution is 2.42. The SMILES string of the molecule is CCc1nc(C2CC2)c([13C](N)=O)n1Cc1ccc2oc(-c3ccccc3NS(=O)(=O)C(F)(F)F)c(I)c2c1. The molecule has 0 spiro atoms. The molecule has 0 unspecified atom stereocenters. The van der Waals surface area contributed by atoms with Crippen molar-refractivity contribution in [2.75, 3.05) is 4.72 Å². The number of carbonyl (C=O) groups is 1. The molecule has 0 bridgehead atoms. The van der Waals surface area contributed by atoms with Crippen LogP contribution in [0, 0.1) is 3.57 Å². The van der Waals surface area contributed by atoms with Crippen LogP contribution in [-0.2, 0) is 23.0 Å². The number of nitrogens with one attached hydrogen (secondary N) is 1. The molecule has 2 heterocycles. The van der Waals surface area contributed by atoms with Crippen molar-refractivity contribution in [3.8, 4) is 11.3 Å². The zero-order chi connectivity index (χ0) is 27.4. The Morgan fingerprint density at radius 3 is 2.58 bits per heavy atom. The molecule has 1 aliphatic carbocycles. The van der Waals surface area contributed by atoms with Crippen LogP contribution in [0.15, 0.2) is 46.9 Å². The Balaban J connectivity index is 1.54. The van der Waals surface area contributed by atoms with Gasteiger partial charge in [0.15, 0.2) is 5.76 Å². The van der Waals surface area contributed by atoms with Crippen LogP contribution >= 0.6 is 22.6 Å². The number of aromatic nitrogens is 2. The summed E-state index contributed by atoms with van der Waals surface area (Å²) in [7, 11) is -5.62. The number of hydrogen-bond donors (Lipinski definition) is 2. The van der Waals surface area contributed by atoms with E-state index < -0.39 is 21.4 Å². The Morgan fingerprint density at radius 2 is 1.95 bits per heavy atom. The van der Waals surface area contributed by atoms with Gasteiger partial charge in [0.2, 0.25) is 0 Å². The molecular formula is C25H22F3IN4O4S. The average Bonchev–Trinajstić information content (AvgIpc) is 3.56. The van der Waals surface area contributed by atoms with E-state index in [-0.39, 0.29) is 22.9 Å². The van der Waals surface area contributed by atoms with Gasteiger partial charge in [-0.1, -0.05) is 25.1 Å². The van der Waals surface area contributed by atoms with Crippen molar-refractivity contribution in [2.24, 2.45) is 5.73 Å². The molecule has 200 valence electrons. The van der Waals surface area contributed by atoms with Gasteiger partial charge in [-0.25, -0.2) is 4.98 Å². The molecule has 0 aliphatic heterocycles. The fourth-order valence-electron chi connectivity index (χ4n) is 4.40. The van der Waals surface area contributed by atoms with Crippen molar-refractivity contribution in [1.82, 2.24) is 9.55 Å². The Bertz CT molecular complexity index is 1670. The Morgan fingerprint density at radius 1 is 1.24 bits per heavy atom. The summed E-state index contributed by atoms with van der Waals surface area (Å²) in [5.74, 6) is 0.704. The number of nitrogens with zero attached hydrogens (tertiary/aromatic N) is 2. The van der Waals surface area contributed by atoms with Gasteiger partial charge in [0.1, 0.15) is 17.1 Å². The van der Waals surface area contributed by atoms with Crippen LogP contribution < -0.4 is 10.5 Å². The van der Waals surface area contributed by atoms with Gasteiger partial charge in [-0.15, -0.1) is 0 Å². The van der Waals surface area contributed by atoms with Crippen LogP contribution in [0.5, 0.6) is 0 Å². The van der Waals surface area contributed by atoms with Gasteiger partial charge in [-0.05, 0) is 65.3 Å². The second kappa shape index (κ2) is 9.59. The first-order chi connectivity index (χ1) is 17.9. The standard InChI is InChI=1S/C25H22F3IN4O4S/c1-2-19-31-21(14-8-9-14)22(24(30)34)33(19)12-13-7-10-18-16(11-13)20(29)23(37-18)15-5-3-4-6-17(15)32-38(35,36)25(26,27)28/h3-7,10-11,14,32H,2,8-9,12H2,1H3,(H2,30,34)/i24+1. The lowest BCUT2D eigenvalue weighted by atomic mass is 10.1. The van der Waals surface area contributed by atoms with Crippen molar-refractivity contribution in [2.45, 2.75) is 44.2 Å². The Kier molecular flexibility index (Phi) is 6.70. The van der Waals surface area contributed by atoms with Gasteiger partial charge < -0.3 is 14.7 Å². The number of nitrogens with two attached hydrogens (primary N) is 1. The molecule has 4 aromatic rings. The first kappa shape index (κ1) is 26.5. The number of fused-ring (bicyclic) bond motifs is 1. The summed E-state index contributed by atoms with van der Waals surface area (Å²) >= 11 is 2.02. The highest BCUT2D eigenvalue weighted by atomic mass is 127. The van der Waals surface area contributed by atoms with Gasteiger partial charge in [0.25, 0.3) is 5.91 Å². The van der Waals surface area contributed by atoms with Crippen molar-refractivity contribution in [1.29, 1.82) is 0 Å². The average molecular weight is 659 g/mol. The third-order valence-electron chi connectivity index (χ3n) is 6.34. The van der Waals surface area contributed by atoms with E-state index in [4.69, 9.17) is 15.1 Å². The predicted molar refractivity (Wildman–Crippen MR) is 144 cm³/mol. The summed E-state index contributed by atoms with van der Waals surface area (Å²) in [6.45, 7) is 2.30. The minimum Gasteiger partial charge on any atom is -0.455 e. The van der Waals surface area contributed by atoms with E-state index in [9.17, 15) is 26.4 Å². The number of hydrogen-bond acceptors (Lipinski definition) is 5. The molecular weight excluding hydrogens is 637 g/mol. The van der Waals surface area contributed by atoms with Gasteiger partial charge in [0, 0.05) is 29.8 Å². The Labute approximate surface area is 229 Å². The van der Waals surface area contributed by atoms with Crippen LogP contribution in [0.1, 0.15) is 53.3 Å². The number of benzene rings is 2. The van der Waals surface area contributed by atoms with Gasteiger partial charge in [-0.3, -0.25) is 9.52 Å². The maximum Gasteiger partial charge on any atom is 0.516 e. The van der Waals surface area contributed by atoms with E-state index in [0.29, 0.717) is 33.2 Å². The summed E-state index contributed by atoms with van der Waals surface area (Å²) in [5, 5.41) is 0.688. The number of imidazole rings is 1. The molecule has 8 nitrogen and oxygen atoms in total. The minimum absolute atomic E-state index is 0.162. The summed E-state index contributed by atoms with van der Waals surface area (Å²) in [5.41, 5.74) is 2.64. The molecule has 5 rings (SSSR count). The topological polar surface area (TPSA) is 120 Å². The summed E-state index contributed by atoms with van der Waals surface area (Å²) in [6.07, 6.45) is 2.57. The lowest BCUT2D eigenvalue weighted by molar-refractivity contribution is -0.0429. The zero-order valence-corrected chi connectivity index (χ0v) is 22.9. The van der Waals surface area contributed by atoms with Crippen LogP contribution in [0.4, 0.5) is 18.9 Å². The number of primary amides is 1. The number of amides is 1. The van der Waals surface area contributed by atoms with Crippen LogP contribution in [0.3, 0.4) is 0 Å². The van der Waals surface area contributed by atoms with E-state index in [1.807, 2.05) is 46.2 Å². The summed E-state index contributed by atoms with van der Waals surface area (Å²) in [4.78, 5) is 17.0. The highest BCUT2D eigenvalue weighted by Gasteiger charge is 2.46. The second-order valence-corrected chi connectivity index (χ2v) is 11.8. The number of aryl methyl sites for hydroxylation is 1. The van der Waals surface area contributed by atoms with Gasteiger partial charge >= 0.3 is 15.5 Å². The third kappa shape index (κ3) is 4.77. The summed E-state index contributed by atoms with van der Waals surface area (Å²) < 4.78 is 72.5. The second-order valence-electron chi connectivity index (χ2n) is 9.01. The number of alkyl halides is 3. The van der Waals surface area contributed by atoms with Crippen LogP contribution in [0.25, 0.3) is 22.3 Å². The van der Waals surface area contributed by atoms with Crippen LogP contribution in [0.2, 0.25) is 0 Å². The molecule has 38 heavy (non-hydrogen) atoms. The predicted octanol–water partition coefficient (Wildman–Crippen LogP) is 5.75. The fourth-order valence-corrected chi connectivity index (χ4v) is 5.81. The maximum atomic E-state index is 13.0. The highest BCUT2D eigenvalue weighted by molar-refractivity contribution is 14.1. The normalized spacial score (nSPS) is 14.2. The van der Waals surface area contributed by atoms with Gasteiger partial charge in [0.05, 0.1) is 15.0 Å². The van der Waals surface area contributed by atoms with Crippen molar-refractivity contribution >= 4 is 55.2 Å². The number of furan rings is 1. The largest absolute Gasteiger partial charge is 0.516 e. The first-order valence-corrected chi connectivity index (χ1v) is 14.3. The number of anilines is 1. The lowest BCUT2D eigenvalue weighted by Crippen LogP contribution is -2.30. The number of sulfonamides is 1. The Hall–Kier alpha value is -3.07. The maximum absolute atomic E-state index is 13.0. The monoisotopic (exact) mass is 659 g/mol. The fraction of sp³-hybridized carbons (Fsp3) is 0.280. The molecule has 1 amide bonds. The minimum atomic E-state index is -5.62. The molecule has 0 saturated heterocycles. The molecule has 2 aromatic carbocycles. The summed E-state index contributed by atoms with van der Waals surface area (Å²) in [6, 6.07) is 11.1. The first-order valence-electron chi connectivity index (χ1n) is 11.7. The van der Waals surface area contributed by atoms with E-state index >= 15 is 0 Å². The van der Waals surface area contributed by atoms with E-state index in [1.165, 1.54) is 18.2 Å². The molecule has 0 atom stereocenters. The quantitative estimate of drug-likeness (QED) is 0.185. The smallest absolute Gasteiger partial charge is 0.455 e. The molecule has 3 N–H and O–H groups in total. The molecule has 2 aromatic heterocycles. The van der Waals surface area contributed by atoms with Crippen molar-refractivity contribution < 1.29 is 30.8 Å². The number of para-hydroxylation sites is 1. The van der Waals surface area contributed by atoms with E-state index in [1.54, 1.807) is 16.9 Å². The lowest BCUT2D eigenvalue weighted by Gasteiger charge is -2.13. The van der Waals surface area contributed by atoms with Crippen molar-refractivity contribution in [3.63, 3.8) is 0 Å². The van der Waals surface area contributed by atoms with E-state index in [0.717, 1.165) is 29.9 Å². The zero-order valence-electron chi connectivity index (χ0n) is 20.0. The van der Waals surface area contributed by atoms with Crippen LogP contribution in [-0.4, -0.2) is 29.4 Å². The van der Waals surface area contributed by atoms with Gasteiger partial charge in [-0.2, -0.15) is 21.6 Å². The number of halogens is 4. The molecule has 1 saturated carbocycles. The number of carbonyl (C=O) groups excluding carboxylic acids is 1. The van der Waals surface area contributed by atoms with Crippen molar-refractivity contribution in [3.05, 3.63) is 68.8 Å². The molecule has 1 aliphatic rings. The molecule has 0 radical (unpaired) electrons. The van der Waals surface area contributed by atoms with E-state index in [2.05, 4.69) is 0 Å².